The van der Waals surface area contributed by atoms with Crippen LogP contribution in [0.2, 0.25) is 0 Å². The molecule has 8 nitrogen and oxygen atoms in total. The fourth-order valence-corrected chi connectivity index (χ4v) is 3.91. The van der Waals surface area contributed by atoms with Gasteiger partial charge in [-0.15, -0.1) is 0 Å². The number of amidine groups is 1. The number of thioether (sulfide) groups is 1. The highest BCUT2D eigenvalue weighted by Crippen LogP contribution is 2.31. The summed E-state index contributed by atoms with van der Waals surface area (Å²) in [5.74, 6) is -0.796. The lowest BCUT2D eigenvalue weighted by Gasteiger charge is -2.18. The molecular formula is C24H23F2N5O3S. The minimum absolute atomic E-state index is 0.0224. The van der Waals surface area contributed by atoms with Crippen LogP contribution in [0.1, 0.15) is 12.0 Å². The molecule has 0 fully saturated rings. The van der Waals surface area contributed by atoms with E-state index in [-0.39, 0.29) is 41.2 Å². The van der Waals surface area contributed by atoms with Crippen molar-refractivity contribution in [3.63, 3.8) is 0 Å². The van der Waals surface area contributed by atoms with Crippen molar-refractivity contribution in [2.24, 2.45) is 4.99 Å². The van der Waals surface area contributed by atoms with Gasteiger partial charge < -0.3 is 15.0 Å². The number of nitrogens with zero attached hydrogens (tertiary/aromatic N) is 4. The molecular weight excluding hydrogens is 476 g/mol. The molecule has 0 saturated heterocycles. The van der Waals surface area contributed by atoms with E-state index in [9.17, 15) is 18.4 Å². The predicted octanol–water partition coefficient (Wildman–Crippen LogP) is 3.86. The van der Waals surface area contributed by atoms with E-state index in [0.717, 1.165) is 23.0 Å². The van der Waals surface area contributed by atoms with Crippen LogP contribution >= 0.6 is 11.8 Å². The number of hydrogen-bond acceptors (Lipinski definition) is 7. The summed E-state index contributed by atoms with van der Waals surface area (Å²) in [6, 6.07) is 15.1. The smallest absolute Gasteiger partial charge is 0.387 e. The molecule has 0 bridgehead atoms. The van der Waals surface area contributed by atoms with Gasteiger partial charge in [-0.05, 0) is 48.0 Å². The highest BCUT2D eigenvalue weighted by molar-refractivity contribution is 8.14. The Morgan fingerprint density at radius 3 is 2.51 bits per heavy atom. The SMILES string of the molecule is CN(C)c1ccc(/C=C2\N=C(SCC(=O)NCCC#N)N(c3ccc(OC(F)F)cc3)C2=O)cc1. The van der Waals surface area contributed by atoms with E-state index >= 15 is 0 Å². The summed E-state index contributed by atoms with van der Waals surface area (Å²) >= 11 is 1.05. The molecule has 0 unspecified atom stereocenters. The molecule has 0 saturated carbocycles. The van der Waals surface area contributed by atoms with Crippen molar-refractivity contribution in [2.75, 3.05) is 36.2 Å². The first-order chi connectivity index (χ1) is 16.8. The van der Waals surface area contributed by atoms with Crippen molar-refractivity contribution in [3.8, 4) is 11.8 Å². The Morgan fingerprint density at radius 2 is 1.91 bits per heavy atom. The first-order valence-corrected chi connectivity index (χ1v) is 11.5. The Morgan fingerprint density at radius 1 is 1.23 bits per heavy atom. The Kier molecular flexibility index (Phi) is 8.80. The van der Waals surface area contributed by atoms with Gasteiger partial charge in [0.05, 0.1) is 23.9 Å². The molecule has 1 aliphatic rings. The molecule has 0 radical (unpaired) electrons. The zero-order chi connectivity index (χ0) is 25.4. The van der Waals surface area contributed by atoms with Crippen LogP contribution in [0.4, 0.5) is 20.2 Å². The number of benzene rings is 2. The summed E-state index contributed by atoms with van der Waals surface area (Å²) in [4.78, 5) is 33.1. The first kappa shape index (κ1) is 25.7. The number of carbonyl (C=O) groups excluding carboxylic acids is 2. The minimum Gasteiger partial charge on any atom is -0.435 e. The Labute approximate surface area is 205 Å². The molecule has 0 atom stereocenters. The maximum absolute atomic E-state index is 13.2. The van der Waals surface area contributed by atoms with E-state index in [4.69, 9.17) is 5.26 Å². The third-order valence-corrected chi connectivity index (χ3v) is 5.69. The van der Waals surface area contributed by atoms with Gasteiger partial charge in [0.1, 0.15) is 11.4 Å². The topological polar surface area (TPSA) is 98.0 Å². The summed E-state index contributed by atoms with van der Waals surface area (Å²) in [5.41, 5.74) is 2.32. The van der Waals surface area contributed by atoms with Gasteiger partial charge in [-0.3, -0.25) is 14.5 Å². The average molecular weight is 500 g/mol. The van der Waals surface area contributed by atoms with Gasteiger partial charge in [0.25, 0.3) is 5.91 Å². The second-order valence-corrected chi connectivity index (χ2v) is 8.41. The molecule has 2 amide bonds. The van der Waals surface area contributed by atoms with E-state index in [1.54, 1.807) is 6.08 Å². The molecule has 3 rings (SSSR count). The summed E-state index contributed by atoms with van der Waals surface area (Å²) in [6.45, 7) is -2.74. The summed E-state index contributed by atoms with van der Waals surface area (Å²) in [5, 5.41) is 11.5. The van der Waals surface area contributed by atoms with Crippen LogP contribution in [0.15, 0.2) is 59.2 Å². The van der Waals surface area contributed by atoms with Gasteiger partial charge in [-0.2, -0.15) is 14.0 Å². The third kappa shape index (κ3) is 7.04. The van der Waals surface area contributed by atoms with Gasteiger partial charge in [0, 0.05) is 26.3 Å². The van der Waals surface area contributed by atoms with Crippen LogP contribution in [0.25, 0.3) is 6.08 Å². The second kappa shape index (κ2) is 12.0. The van der Waals surface area contributed by atoms with Gasteiger partial charge in [0.2, 0.25) is 5.91 Å². The number of nitriles is 1. The molecule has 182 valence electrons. The van der Waals surface area contributed by atoms with E-state index in [2.05, 4.69) is 15.0 Å². The molecule has 35 heavy (non-hydrogen) atoms. The molecule has 11 heteroatoms. The number of carbonyl (C=O) groups is 2. The van der Waals surface area contributed by atoms with Crippen LogP contribution in [0, 0.1) is 11.3 Å². The van der Waals surface area contributed by atoms with Crippen molar-refractivity contribution >= 4 is 46.2 Å². The second-order valence-electron chi connectivity index (χ2n) is 7.47. The first-order valence-electron chi connectivity index (χ1n) is 10.5. The molecule has 0 aromatic heterocycles. The van der Waals surface area contributed by atoms with Crippen molar-refractivity contribution < 1.29 is 23.1 Å². The predicted molar refractivity (Wildman–Crippen MR) is 132 cm³/mol. The Bertz CT molecular complexity index is 1160. The molecule has 1 heterocycles. The maximum Gasteiger partial charge on any atom is 0.387 e. The number of aliphatic imine (C=N–C) groups is 1. The lowest BCUT2D eigenvalue weighted by atomic mass is 10.1. The zero-order valence-corrected chi connectivity index (χ0v) is 19.9. The number of amides is 2. The Balaban J connectivity index is 1.85. The van der Waals surface area contributed by atoms with Gasteiger partial charge in [0.15, 0.2) is 5.17 Å². The quantitative estimate of drug-likeness (QED) is 0.416. The monoisotopic (exact) mass is 499 g/mol. The number of nitrogens with one attached hydrogen (secondary N) is 1. The van der Waals surface area contributed by atoms with Gasteiger partial charge >= 0.3 is 6.61 Å². The number of rotatable bonds is 9. The lowest BCUT2D eigenvalue weighted by molar-refractivity contribution is -0.118. The van der Waals surface area contributed by atoms with Crippen LogP contribution in [-0.4, -0.2) is 50.0 Å². The molecule has 2 aromatic rings. The van der Waals surface area contributed by atoms with Crippen molar-refractivity contribution in [1.82, 2.24) is 5.32 Å². The Hall–Kier alpha value is -3.91. The van der Waals surface area contributed by atoms with Crippen LogP contribution in [0.5, 0.6) is 5.75 Å². The molecule has 0 aliphatic carbocycles. The summed E-state index contributed by atoms with van der Waals surface area (Å²) in [6.07, 6.45) is 1.83. The van der Waals surface area contributed by atoms with E-state index in [0.29, 0.717) is 5.69 Å². The molecule has 0 spiro atoms. The van der Waals surface area contributed by atoms with Crippen molar-refractivity contribution in [1.29, 1.82) is 5.26 Å². The number of hydrogen-bond donors (Lipinski definition) is 1. The molecule has 1 N–H and O–H groups in total. The van der Waals surface area contributed by atoms with Crippen LogP contribution in [0.3, 0.4) is 0 Å². The molecule has 1 aliphatic heterocycles. The summed E-state index contributed by atoms with van der Waals surface area (Å²) in [7, 11) is 3.85. The number of halogens is 2. The third-order valence-electron chi connectivity index (χ3n) is 4.75. The fourth-order valence-electron chi connectivity index (χ4n) is 3.06. The van der Waals surface area contributed by atoms with Crippen LogP contribution < -0.4 is 19.9 Å². The van der Waals surface area contributed by atoms with E-state index in [1.165, 1.54) is 29.2 Å². The normalized spacial score (nSPS) is 14.2. The number of ether oxygens (including phenoxy) is 1. The summed E-state index contributed by atoms with van der Waals surface area (Å²) < 4.78 is 29.3. The average Bonchev–Trinajstić information content (AvgIpc) is 3.13. The fraction of sp³-hybridized carbons (Fsp3) is 0.250. The highest BCUT2D eigenvalue weighted by atomic mass is 32.2. The lowest BCUT2D eigenvalue weighted by Crippen LogP contribution is -2.32. The minimum atomic E-state index is -2.96. The standard InChI is InChI=1S/C24H23F2N5O3S/c1-30(2)17-6-4-16(5-7-17)14-20-22(33)31(18-8-10-19(11-9-18)34-23(25)26)24(29-20)35-15-21(32)28-13-3-12-27/h4-11,14,23H,3,13,15H2,1-2H3,(H,28,32)/b20-14-. The van der Waals surface area contributed by atoms with Crippen molar-refractivity contribution in [2.45, 2.75) is 13.0 Å². The zero-order valence-electron chi connectivity index (χ0n) is 19.1. The highest BCUT2D eigenvalue weighted by Gasteiger charge is 2.32. The van der Waals surface area contributed by atoms with Gasteiger partial charge in [-0.1, -0.05) is 23.9 Å². The van der Waals surface area contributed by atoms with Crippen molar-refractivity contribution in [3.05, 3.63) is 59.8 Å². The van der Waals surface area contributed by atoms with E-state index < -0.39 is 12.5 Å². The molecule has 2 aromatic carbocycles. The van der Waals surface area contributed by atoms with Gasteiger partial charge in [-0.25, -0.2) is 4.99 Å². The largest absolute Gasteiger partial charge is 0.435 e. The van der Waals surface area contributed by atoms with E-state index in [1.807, 2.05) is 49.3 Å². The number of anilines is 2. The number of alkyl halides is 2. The van der Waals surface area contributed by atoms with Crippen LogP contribution in [-0.2, 0) is 9.59 Å². The maximum atomic E-state index is 13.2.